The quantitative estimate of drug-likeness (QED) is 0.849. The molecule has 1 fully saturated rings. The van der Waals surface area contributed by atoms with Gasteiger partial charge < -0.3 is 20.5 Å². The Morgan fingerprint density at radius 1 is 1.38 bits per heavy atom. The summed E-state index contributed by atoms with van der Waals surface area (Å²) in [6.45, 7) is 6.06. The van der Waals surface area contributed by atoms with Gasteiger partial charge >= 0.3 is 0 Å². The highest BCUT2D eigenvalue weighted by Crippen LogP contribution is 2.31. The number of hydrogen-bond donors (Lipinski definition) is 2. The third-order valence-corrected chi connectivity index (χ3v) is 4.12. The molecular weight excluding hydrogens is 264 g/mol. The van der Waals surface area contributed by atoms with Gasteiger partial charge in [-0.05, 0) is 51.6 Å². The Bertz CT molecular complexity index is 630. The van der Waals surface area contributed by atoms with Crippen LogP contribution in [0, 0.1) is 13.8 Å². The lowest BCUT2D eigenvalue weighted by Gasteiger charge is -2.16. The first-order chi connectivity index (χ1) is 10.0. The topological polar surface area (TPSA) is 67.3 Å². The third-order valence-electron chi connectivity index (χ3n) is 4.12. The van der Waals surface area contributed by atoms with Gasteiger partial charge in [-0.1, -0.05) is 11.2 Å². The Hall–Kier alpha value is -2.01. The molecule has 0 saturated carbocycles. The number of aromatic nitrogens is 1. The van der Waals surface area contributed by atoms with Crippen LogP contribution in [0.25, 0.3) is 11.1 Å². The van der Waals surface area contributed by atoms with Crippen molar-refractivity contribution < 1.29 is 4.52 Å². The van der Waals surface area contributed by atoms with Crippen molar-refractivity contribution in [2.45, 2.75) is 26.3 Å². The maximum atomic E-state index is 6.21. The molecule has 5 nitrogen and oxygen atoms in total. The lowest BCUT2D eigenvalue weighted by molar-refractivity contribution is 0.393. The van der Waals surface area contributed by atoms with E-state index >= 15 is 0 Å². The molecule has 1 aliphatic heterocycles. The fraction of sp³-hybridized carbons (Fsp3) is 0.438. The van der Waals surface area contributed by atoms with Gasteiger partial charge in [0.05, 0.1) is 17.1 Å². The number of likely N-dealkylation sites (tertiary alicyclic amines) is 1. The number of aryl methyl sites for hydroxylation is 2. The minimum Gasteiger partial charge on any atom is -0.397 e. The number of likely N-dealkylation sites (N-methyl/N-ethyl adjacent to an activating group) is 1. The number of hydrogen-bond acceptors (Lipinski definition) is 5. The Morgan fingerprint density at radius 3 is 2.76 bits per heavy atom. The van der Waals surface area contributed by atoms with Crippen LogP contribution in [0.4, 0.5) is 11.4 Å². The van der Waals surface area contributed by atoms with Crippen molar-refractivity contribution in [2.24, 2.45) is 0 Å². The summed E-state index contributed by atoms with van der Waals surface area (Å²) >= 11 is 0. The minimum absolute atomic E-state index is 0.474. The van der Waals surface area contributed by atoms with Crippen molar-refractivity contribution in [2.75, 3.05) is 31.2 Å². The molecule has 1 aromatic carbocycles. The second-order valence-corrected chi connectivity index (χ2v) is 5.89. The molecule has 3 rings (SSSR count). The summed E-state index contributed by atoms with van der Waals surface area (Å²) in [5.41, 5.74) is 11.0. The maximum Gasteiger partial charge on any atom is 0.141 e. The lowest BCUT2D eigenvalue weighted by atomic mass is 10.0. The van der Waals surface area contributed by atoms with E-state index in [0.717, 1.165) is 53.5 Å². The van der Waals surface area contributed by atoms with Gasteiger partial charge in [0, 0.05) is 18.2 Å². The van der Waals surface area contributed by atoms with Crippen molar-refractivity contribution in [3.63, 3.8) is 0 Å². The molecule has 5 heteroatoms. The van der Waals surface area contributed by atoms with E-state index in [1.165, 1.54) is 0 Å². The molecule has 21 heavy (non-hydrogen) atoms. The van der Waals surface area contributed by atoms with Crippen LogP contribution in [-0.2, 0) is 0 Å². The molecule has 2 heterocycles. The maximum absolute atomic E-state index is 6.21. The van der Waals surface area contributed by atoms with Gasteiger partial charge in [-0.25, -0.2) is 0 Å². The summed E-state index contributed by atoms with van der Waals surface area (Å²) in [5.74, 6) is 0.824. The third kappa shape index (κ3) is 2.74. The average molecular weight is 286 g/mol. The van der Waals surface area contributed by atoms with Gasteiger partial charge in [0.25, 0.3) is 0 Å². The molecule has 1 saturated heterocycles. The molecule has 3 N–H and O–H groups in total. The Balaban J connectivity index is 1.83. The van der Waals surface area contributed by atoms with Gasteiger partial charge in [0.15, 0.2) is 0 Å². The SMILES string of the molecule is Cc1noc(C)c1-c1ccc(NC2CCN(C)C2)c(N)c1. The van der Waals surface area contributed by atoms with E-state index in [-0.39, 0.29) is 0 Å². The molecular formula is C16H22N4O. The highest BCUT2D eigenvalue weighted by atomic mass is 16.5. The van der Waals surface area contributed by atoms with Crippen LogP contribution in [0.15, 0.2) is 22.7 Å². The van der Waals surface area contributed by atoms with E-state index in [1.807, 2.05) is 19.9 Å². The first kappa shape index (κ1) is 13.9. The van der Waals surface area contributed by atoms with E-state index in [9.17, 15) is 0 Å². The van der Waals surface area contributed by atoms with Crippen molar-refractivity contribution in [3.8, 4) is 11.1 Å². The molecule has 0 bridgehead atoms. The van der Waals surface area contributed by atoms with Crippen LogP contribution in [0.3, 0.4) is 0 Å². The van der Waals surface area contributed by atoms with Gasteiger partial charge in [-0.3, -0.25) is 0 Å². The van der Waals surface area contributed by atoms with Crippen LogP contribution < -0.4 is 11.1 Å². The van der Waals surface area contributed by atoms with Crippen molar-refractivity contribution in [1.29, 1.82) is 0 Å². The average Bonchev–Trinajstić information content (AvgIpc) is 2.99. The van der Waals surface area contributed by atoms with Crippen LogP contribution in [0.1, 0.15) is 17.9 Å². The molecule has 0 amide bonds. The Labute approximate surface area is 125 Å². The summed E-state index contributed by atoms with van der Waals surface area (Å²) in [6.07, 6.45) is 1.15. The fourth-order valence-electron chi connectivity index (χ4n) is 3.02. The summed E-state index contributed by atoms with van der Waals surface area (Å²) in [5, 5.41) is 7.53. The van der Waals surface area contributed by atoms with Crippen LogP contribution in [0.5, 0.6) is 0 Å². The molecule has 0 spiro atoms. The second-order valence-electron chi connectivity index (χ2n) is 5.89. The Morgan fingerprint density at radius 2 is 2.19 bits per heavy atom. The monoisotopic (exact) mass is 286 g/mol. The molecule has 2 aromatic rings. The molecule has 1 unspecified atom stereocenters. The van der Waals surface area contributed by atoms with E-state index < -0.39 is 0 Å². The molecule has 1 aliphatic rings. The number of benzene rings is 1. The number of anilines is 2. The van der Waals surface area contributed by atoms with Gasteiger partial charge in [0.2, 0.25) is 0 Å². The number of rotatable bonds is 3. The van der Waals surface area contributed by atoms with Crippen molar-refractivity contribution >= 4 is 11.4 Å². The second kappa shape index (κ2) is 5.41. The molecule has 112 valence electrons. The van der Waals surface area contributed by atoms with Gasteiger partial charge in [-0.15, -0.1) is 0 Å². The molecule has 0 radical (unpaired) electrons. The summed E-state index contributed by atoms with van der Waals surface area (Å²) in [7, 11) is 2.14. The van der Waals surface area contributed by atoms with E-state index in [0.29, 0.717) is 6.04 Å². The van der Waals surface area contributed by atoms with Gasteiger partial charge in [0.1, 0.15) is 5.76 Å². The summed E-state index contributed by atoms with van der Waals surface area (Å²) in [4.78, 5) is 2.33. The summed E-state index contributed by atoms with van der Waals surface area (Å²) in [6, 6.07) is 6.59. The smallest absolute Gasteiger partial charge is 0.141 e. The predicted octanol–water partition coefficient (Wildman–Crippen LogP) is 2.66. The molecule has 1 atom stereocenters. The largest absolute Gasteiger partial charge is 0.397 e. The van der Waals surface area contributed by atoms with Crippen molar-refractivity contribution in [3.05, 3.63) is 29.7 Å². The summed E-state index contributed by atoms with van der Waals surface area (Å²) < 4.78 is 5.23. The first-order valence-electron chi connectivity index (χ1n) is 7.32. The fourth-order valence-corrected chi connectivity index (χ4v) is 3.02. The number of nitrogens with one attached hydrogen (secondary N) is 1. The zero-order valence-corrected chi connectivity index (χ0v) is 12.8. The standard InChI is InChI=1S/C16H22N4O/c1-10-16(11(2)21-19-10)12-4-5-15(14(17)8-12)18-13-6-7-20(3)9-13/h4-5,8,13,18H,6-7,9,17H2,1-3H3. The van der Waals surface area contributed by atoms with Crippen molar-refractivity contribution in [1.82, 2.24) is 10.1 Å². The normalized spacial score (nSPS) is 19.1. The highest BCUT2D eigenvalue weighted by Gasteiger charge is 2.20. The van der Waals surface area contributed by atoms with Gasteiger partial charge in [-0.2, -0.15) is 0 Å². The first-order valence-corrected chi connectivity index (χ1v) is 7.32. The highest BCUT2D eigenvalue weighted by molar-refractivity contribution is 5.77. The molecule has 0 aliphatic carbocycles. The van der Waals surface area contributed by atoms with E-state index in [2.05, 4.69) is 34.6 Å². The zero-order valence-electron chi connectivity index (χ0n) is 12.8. The number of nitrogens with two attached hydrogens (primary N) is 1. The van der Waals surface area contributed by atoms with Crippen LogP contribution in [-0.4, -0.2) is 36.2 Å². The van der Waals surface area contributed by atoms with Crippen LogP contribution >= 0.6 is 0 Å². The van der Waals surface area contributed by atoms with E-state index in [4.69, 9.17) is 10.3 Å². The lowest BCUT2D eigenvalue weighted by Crippen LogP contribution is -2.23. The minimum atomic E-state index is 0.474. The zero-order chi connectivity index (χ0) is 15.0. The predicted molar refractivity (Wildman–Crippen MR) is 85.4 cm³/mol. The number of nitrogens with zero attached hydrogens (tertiary/aromatic N) is 2. The van der Waals surface area contributed by atoms with Crippen LogP contribution in [0.2, 0.25) is 0 Å². The number of nitrogen functional groups attached to an aromatic ring is 1. The van der Waals surface area contributed by atoms with E-state index in [1.54, 1.807) is 0 Å². The Kier molecular flexibility index (Phi) is 3.59. The molecule has 1 aromatic heterocycles.